The molecule has 0 aromatic heterocycles. The van der Waals surface area contributed by atoms with Gasteiger partial charge in [-0.1, -0.05) is 29.3 Å². The molecular weight excluding hydrogens is 277 g/mol. The molecule has 4 nitrogen and oxygen atoms in total. The first-order valence-electron chi connectivity index (χ1n) is 5.36. The maximum absolute atomic E-state index is 11.7. The molecule has 0 saturated carbocycles. The maximum atomic E-state index is 11.7. The van der Waals surface area contributed by atoms with Crippen LogP contribution in [0.4, 0.5) is 0 Å². The van der Waals surface area contributed by atoms with E-state index in [2.05, 4.69) is 5.32 Å². The van der Waals surface area contributed by atoms with E-state index in [1.165, 1.54) is 0 Å². The Kier molecular flexibility index (Phi) is 5.44. The fourth-order valence-electron chi connectivity index (χ4n) is 1.38. The molecule has 98 valence electrons. The maximum Gasteiger partial charge on any atom is 0.305 e. The number of aliphatic carboxylic acids is 1. The van der Waals surface area contributed by atoms with Gasteiger partial charge in [0, 0.05) is 6.54 Å². The summed E-state index contributed by atoms with van der Waals surface area (Å²) in [5.74, 6) is -1.60. The van der Waals surface area contributed by atoms with Crippen molar-refractivity contribution in [3.63, 3.8) is 0 Å². The SMILES string of the molecule is CC(C(=O)NCCC(=O)O)c1ccc(Cl)c(Cl)c1. The van der Waals surface area contributed by atoms with Crippen LogP contribution >= 0.6 is 23.2 Å². The van der Waals surface area contributed by atoms with E-state index in [1.807, 2.05) is 0 Å². The lowest BCUT2D eigenvalue weighted by Gasteiger charge is -2.12. The van der Waals surface area contributed by atoms with Crippen molar-refractivity contribution in [2.45, 2.75) is 19.3 Å². The highest BCUT2D eigenvalue weighted by atomic mass is 35.5. The minimum atomic E-state index is -0.947. The number of benzene rings is 1. The fraction of sp³-hybridized carbons (Fsp3) is 0.333. The van der Waals surface area contributed by atoms with E-state index in [1.54, 1.807) is 25.1 Å². The first-order valence-corrected chi connectivity index (χ1v) is 6.12. The molecule has 0 saturated heterocycles. The average Bonchev–Trinajstić information content (AvgIpc) is 2.31. The summed E-state index contributed by atoms with van der Waals surface area (Å²) in [5, 5.41) is 11.8. The van der Waals surface area contributed by atoms with Gasteiger partial charge in [0.2, 0.25) is 5.91 Å². The predicted molar refractivity (Wildman–Crippen MR) is 70.1 cm³/mol. The summed E-state index contributed by atoms with van der Waals surface area (Å²) in [5.41, 5.74) is 0.734. The van der Waals surface area contributed by atoms with Gasteiger partial charge in [-0.25, -0.2) is 0 Å². The zero-order valence-electron chi connectivity index (χ0n) is 9.74. The summed E-state index contributed by atoms with van der Waals surface area (Å²) >= 11 is 11.7. The van der Waals surface area contributed by atoms with Crippen LogP contribution in [0.5, 0.6) is 0 Å². The Balaban J connectivity index is 2.62. The van der Waals surface area contributed by atoms with Crippen LogP contribution in [0, 0.1) is 0 Å². The van der Waals surface area contributed by atoms with Gasteiger partial charge in [0.15, 0.2) is 0 Å². The molecule has 0 bridgehead atoms. The summed E-state index contributed by atoms with van der Waals surface area (Å²) < 4.78 is 0. The van der Waals surface area contributed by atoms with Gasteiger partial charge in [0.1, 0.15) is 0 Å². The molecule has 1 unspecified atom stereocenters. The van der Waals surface area contributed by atoms with E-state index < -0.39 is 11.9 Å². The van der Waals surface area contributed by atoms with Crippen molar-refractivity contribution in [2.75, 3.05) is 6.54 Å². The van der Waals surface area contributed by atoms with Crippen LogP contribution in [0.15, 0.2) is 18.2 Å². The lowest BCUT2D eigenvalue weighted by atomic mass is 10.0. The van der Waals surface area contributed by atoms with Gasteiger partial charge in [0.05, 0.1) is 22.4 Å². The third-order valence-electron chi connectivity index (χ3n) is 2.48. The van der Waals surface area contributed by atoms with E-state index in [0.717, 1.165) is 5.56 Å². The van der Waals surface area contributed by atoms with Gasteiger partial charge in [-0.15, -0.1) is 0 Å². The minimum Gasteiger partial charge on any atom is -0.481 e. The molecule has 1 atom stereocenters. The number of rotatable bonds is 5. The third kappa shape index (κ3) is 4.20. The van der Waals surface area contributed by atoms with E-state index in [-0.39, 0.29) is 18.9 Å². The Morgan fingerprint density at radius 1 is 1.33 bits per heavy atom. The van der Waals surface area contributed by atoms with Gasteiger partial charge >= 0.3 is 5.97 Å². The Morgan fingerprint density at radius 3 is 2.56 bits per heavy atom. The highest BCUT2D eigenvalue weighted by Crippen LogP contribution is 2.26. The van der Waals surface area contributed by atoms with Crippen molar-refractivity contribution in [3.05, 3.63) is 33.8 Å². The van der Waals surface area contributed by atoms with Crippen LogP contribution < -0.4 is 5.32 Å². The zero-order chi connectivity index (χ0) is 13.7. The summed E-state index contributed by atoms with van der Waals surface area (Å²) in [4.78, 5) is 22.1. The number of amides is 1. The number of hydrogen-bond acceptors (Lipinski definition) is 2. The van der Waals surface area contributed by atoms with Crippen molar-refractivity contribution in [3.8, 4) is 0 Å². The number of carboxylic acids is 1. The lowest BCUT2D eigenvalue weighted by molar-refractivity contribution is -0.136. The number of carbonyl (C=O) groups excluding carboxylic acids is 1. The largest absolute Gasteiger partial charge is 0.481 e. The van der Waals surface area contributed by atoms with Gasteiger partial charge < -0.3 is 10.4 Å². The van der Waals surface area contributed by atoms with Gasteiger partial charge in [-0.05, 0) is 24.6 Å². The highest BCUT2D eigenvalue weighted by Gasteiger charge is 2.16. The second kappa shape index (κ2) is 6.61. The molecule has 18 heavy (non-hydrogen) atoms. The summed E-state index contributed by atoms with van der Waals surface area (Å²) in [7, 11) is 0. The monoisotopic (exact) mass is 289 g/mol. The second-order valence-corrected chi connectivity index (χ2v) is 4.64. The molecular formula is C12H13Cl2NO3. The smallest absolute Gasteiger partial charge is 0.305 e. The topological polar surface area (TPSA) is 66.4 Å². The number of hydrogen-bond donors (Lipinski definition) is 2. The van der Waals surface area contributed by atoms with Crippen LogP contribution in [0.2, 0.25) is 10.0 Å². The molecule has 0 aliphatic heterocycles. The summed E-state index contributed by atoms with van der Waals surface area (Å²) in [6.07, 6.45) is -0.0974. The molecule has 0 fully saturated rings. The number of halogens is 2. The van der Waals surface area contributed by atoms with Crippen LogP contribution in [-0.4, -0.2) is 23.5 Å². The average molecular weight is 290 g/mol. The van der Waals surface area contributed by atoms with Crippen LogP contribution in [-0.2, 0) is 9.59 Å². The summed E-state index contributed by atoms with van der Waals surface area (Å²) in [6.45, 7) is 1.83. The van der Waals surface area contributed by atoms with Crippen LogP contribution in [0.1, 0.15) is 24.8 Å². The van der Waals surface area contributed by atoms with Gasteiger partial charge in [-0.2, -0.15) is 0 Å². The standard InChI is InChI=1S/C12H13Cl2NO3/c1-7(12(18)15-5-4-11(16)17)8-2-3-9(13)10(14)6-8/h2-3,6-7H,4-5H2,1H3,(H,15,18)(H,16,17). The Bertz CT molecular complexity index is 463. The molecule has 0 aliphatic carbocycles. The first-order chi connectivity index (χ1) is 8.41. The molecule has 0 radical (unpaired) electrons. The highest BCUT2D eigenvalue weighted by molar-refractivity contribution is 6.42. The van der Waals surface area contributed by atoms with Crippen LogP contribution in [0.3, 0.4) is 0 Å². The van der Waals surface area contributed by atoms with Gasteiger partial charge in [-0.3, -0.25) is 9.59 Å². The molecule has 1 aromatic rings. The second-order valence-electron chi connectivity index (χ2n) is 3.83. The molecule has 0 aliphatic rings. The zero-order valence-corrected chi connectivity index (χ0v) is 11.3. The molecule has 6 heteroatoms. The normalized spacial score (nSPS) is 11.9. The van der Waals surface area contributed by atoms with E-state index >= 15 is 0 Å². The Morgan fingerprint density at radius 2 is 2.00 bits per heavy atom. The number of carboxylic acid groups (broad SMARTS) is 1. The van der Waals surface area contributed by atoms with E-state index in [4.69, 9.17) is 28.3 Å². The summed E-state index contributed by atoms with van der Waals surface area (Å²) in [6, 6.07) is 4.97. The van der Waals surface area contributed by atoms with Gasteiger partial charge in [0.25, 0.3) is 0 Å². The third-order valence-corrected chi connectivity index (χ3v) is 3.21. The Labute approximate surface area is 115 Å². The quantitative estimate of drug-likeness (QED) is 0.876. The minimum absolute atomic E-state index is 0.0974. The molecule has 0 spiro atoms. The first kappa shape index (κ1) is 14.8. The number of nitrogens with one attached hydrogen (secondary N) is 1. The lowest BCUT2D eigenvalue weighted by Crippen LogP contribution is -2.29. The molecule has 0 heterocycles. The van der Waals surface area contributed by atoms with Crippen molar-refractivity contribution in [2.24, 2.45) is 0 Å². The Hall–Kier alpha value is -1.26. The molecule has 1 aromatic carbocycles. The molecule has 2 N–H and O–H groups in total. The van der Waals surface area contributed by atoms with E-state index in [0.29, 0.717) is 10.0 Å². The number of carbonyl (C=O) groups is 2. The fourth-order valence-corrected chi connectivity index (χ4v) is 1.69. The van der Waals surface area contributed by atoms with Crippen molar-refractivity contribution < 1.29 is 14.7 Å². The van der Waals surface area contributed by atoms with Crippen molar-refractivity contribution >= 4 is 35.1 Å². The predicted octanol–water partition coefficient (Wildman–Crippen LogP) is 2.69. The van der Waals surface area contributed by atoms with Crippen LogP contribution in [0.25, 0.3) is 0 Å². The van der Waals surface area contributed by atoms with Crippen molar-refractivity contribution in [1.29, 1.82) is 0 Å². The van der Waals surface area contributed by atoms with E-state index in [9.17, 15) is 9.59 Å². The molecule has 1 amide bonds. The van der Waals surface area contributed by atoms with Crippen molar-refractivity contribution in [1.82, 2.24) is 5.32 Å². The molecule has 1 rings (SSSR count).